The van der Waals surface area contributed by atoms with E-state index in [4.69, 9.17) is 5.11 Å². The molecule has 0 aliphatic heterocycles. The van der Waals surface area contributed by atoms with Crippen molar-refractivity contribution in [2.75, 3.05) is 18.6 Å². The molecule has 1 rings (SSSR count). The molecule has 0 aromatic carbocycles. The number of aliphatic carboxylic acids is 1. The summed E-state index contributed by atoms with van der Waals surface area (Å²) < 4.78 is 0. The Morgan fingerprint density at radius 2 is 2.05 bits per heavy atom. The fourth-order valence-corrected chi connectivity index (χ4v) is 2.37. The number of amides is 2. The first-order chi connectivity index (χ1) is 8.95. The van der Waals surface area contributed by atoms with Crippen molar-refractivity contribution >= 4 is 23.8 Å². The van der Waals surface area contributed by atoms with Crippen molar-refractivity contribution in [2.45, 2.75) is 45.2 Å². The zero-order valence-electron chi connectivity index (χ0n) is 11.9. The van der Waals surface area contributed by atoms with Gasteiger partial charge in [0.1, 0.15) is 6.04 Å². The van der Waals surface area contributed by atoms with Gasteiger partial charge in [0, 0.05) is 12.6 Å². The first-order valence-corrected chi connectivity index (χ1v) is 8.14. The van der Waals surface area contributed by atoms with Gasteiger partial charge >= 0.3 is 12.0 Å². The Hall–Kier alpha value is -0.910. The molecule has 1 aliphatic rings. The molecule has 1 fully saturated rings. The van der Waals surface area contributed by atoms with E-state index in [9.17, 15) is 9.59 Å². The summed E-state index contributed by atoms with van der Waals surface area (Å²) in [6.07, 6.45) is 4.45. The molecule has 1 atom stereocenters. The number of urea groups is 1. The van der Waals surface area contributed by atoms with Crippen LogP contribution in [-0.4, -0.2) is 52.6 Å². The van der Waals surface area contributed by atoms with Crippen molar-refractivity contribution in [3.63, 3.8) is 0 Å². The molecule has 1 aliphatic carbocycles. The number of carboxylic acids is 1. The maximum Gasteiger partial charge on any atom is 0.326 e. The molecule has 0 aromatic heterocycles. The average molecular weight is 288 g/mol. The summed E-state index contributed by atoms with van der Waals surface area (Å²) in [5.41, 5.74) is 0. The van der Waals surface area contributed by atoms with E-state index >= 15 is 0 Å². The minimum absolute atomic E-state index is 0.232. The number of carboxylic acid groups (broad SMARTS) is 1. The zero-order chi connectivity index (χ0) is 14.4. The maximum atomic E-state index is 12.2. The van der Waals surface area contributed by atoms with Gasteiger partial charge in [0.15, 0.2) is 0 Å². The van der Waals surface area contributed by atoms with Crippen LogP contribution in [0.4, 0.5) is 4.79 Å². The minimum atomic E-state index is -0.956. The van der Waals surface area contributed by atoms with Gasteiger partial charge in [-0.15, -0.1) is 0 Å². The summed E-state index contributed by atoms with van der Waals surface area (Å²) in [5, 5.41) is 11.8. The number of rotatable bonds is 8. The lowest BCUT2D eigenvalue weighted by Crippen LogP contribution is -2.49. The van der Waals surface area contributed by atoms with Crippen molar-refractivity contribution in [1.29, 1.82) is 0 Å². The third-order valence-electron chi connectivity index (χ3n) is 3.02. The van der Waals surface area contributed by atoms with Crippen LogP contribution in [-0.2, 0) is 4.79 Å². The summed E-state index contributed by atoms with van der Waals surface area (Å²) in [6, 6.07) is -0.713. The van der Waals surface area contributed by atoms with Gasteiger partial charge in [-0.3, -0.25) is 0 Å². The molecule has 19 heavy (non-hydrogen) atoms. The Labute approximate surface area is 119 Å². The fraction of sp³-hybridized carbons (Fsp3) is 0.846. The highest BCUT2D eigenvalue weighted by atomic mass is 32.2. The predicted molar refractivity (Wildman–Crippen MR) is 77.5 cm³/mol. The molecule has 110 valence electrons. The van der Waals surface area contributed by atoms with Crippen molar-refractivity contribution in [3.05, 3.63) is 0 Å². The lowest BCUT2D eigenvalue weighted by molar-refractivity contribution is -0.139. The van der Waals surface area contributed by atoms with Crippen molar-refractivity contribution < 1.29 is 14.7 Å². The van der Waals surface area contributed by atoms with Crippen LogP contribution in [0.3, 0.4) is 0 Å². The molecule has 0 bridgehead atoms. The topological polar surface area (TPSA) is 69.6 Å². The molecule has 2 amide bonds. The second-order valence-electron chi connectivity index (χ2n) is 5.40. The van der Waals surface area contributed by atoms with Gasteiger partial charge in [0.25, 0.3) is 0 Å². The van der Waals surface area contributed by atoms with E-state index in [1.165, 1.54) is 0 Å². The van der Waals surface area contributed by atoms with Gasteiger partial charge in [-0.25, -0.2) is 9.59 Å². The summed E-state index contributed by atoms with van der Waals surface area (Å²) in [6.45, 7) is 4.81. The molecule has 0 unspecified atom stereocenters. The van der Waals surface area contributed by atoms with E-state index in [1.807, 2.05) is 6.26 Å². The Morgan fingerprint density at radius 3 is 2.47 bits per heavy atom. The van der Waals surface area contributed by atoms with Gasteiger partial charge < -0.3 is 15.3 Å². The zero-order valence-corrected chi connectivity index (χ0v) is 12.7. The maximum absolute atomic E-state index is 12.2. The number of nitrogens with one attached hydrogen (secondary N) is 1. The average Bonchev–Trinajstić information content (AvgIpc) is 3.14. The lowest BCUT2D eigenvalue weighted by atomic mass is 10.2. The summed E-state index contributed by atoms with van der Waals surface area (Å²) >= 11 is 1.58. The summed E-state index contributed by atoms with van der Waals surface area (Å²) in [5.74, 6) is 0.161. The Morgan fingerprint density at radius 1 is 1.42 bits per heavy atom. The molecule has 0 radical (unpaired) electrons. The number of carbonyl (C=O) groups excluding carboxylic acids is 1. The number of carbonyl (C=O) groups is 2. The normalized spacial score (nSPS) is 16.2. The quantitative estimate of drug-likeness (QED) is 0.717. The molecule has 1 saturated carbocycles. The van der Waals surface area contributed by atoms with Gasteiger partial charge in [0.05, 0.1) is 0 Å². The largest absolute Gasteiger partial charge is 0.480 e. The van der Waals surface area contributed by atoms with Gasteiger partial charge in [0.2, 0.25) is 0 Å². The van der Waals surface area contributed by atoms with Crippen LogP contribution in [0.25, 0.3) is 0 Å². The number of nitrogens with zero attached hydrogens (tertiary/aromatic N) is 1. The van der Waals surface area contributed by atoms with E-state index in [0.717, 1.165) is 18.6 Å². The van der Waals surface area contributed by atoms with E-state index in [-0.39, 0.29) is 6.03 Å². The third-order valence-corrected chi connectivity index (χ3v) is 3.66. The first kappa shape index (κ1) is 16.1. The van der Waals surface area contributed by atoms with E-state index < -0.39 is 12.0 Å². The number of thioether (sulfide) groups is 1. The fourth-order valence-electron chi connectivity index (χ4n) is 1.90. The molecule has 5 nitrogen and oxygen atoms in total. The van der Waals surface area contributed by atoms with Crippen LogP contribution < -0.4 is 5.32 Å². The minimum Gasteiger partial charge on any atom is -0.480 e. The van der Waals surface area contributed by atoms with Crippen LogP contribution in [0.2, 0.25) is 0 Å². The van der Waals surface area contributed by atoms with Crippen LogP contribution in [0.5, 0.6) is 0 Å². The molecular formula is C13H24N2O3S. The summed E-state index contributed by atoms with van der Waals surface area (Å²) in [4.78, 5) is 25.1. The van der Waals surface area contributed by atoms with Gasteiger partial charge in [-0.2, -0.15) is 11.8 Å². The molecule has 2 N–H and O–H groups in total. The second kappa shape index (κ2) is 7.62. The third kappa shape index (κ3) is 5.72. The molecule has 6 heteroatoms. The van der Waals surface area contributed by atoms with Crippen LogP contribution in [0.15, 0.2) is 0 Å². The van der Waals surface area contributed by atoms with Crippen LogP contribution in [0, 0.1) is 5.92 Å². The van der Waals surface area contributed by atoms with Crippen LogP contribution in [0.1, 0.15) is 33.1 Å². The van der Waals surface area contributed by atoms with Crippen molar-refractivity contribution in [1.82, 2.24) is 10.2 Å². The van der Waals surface area contributed by atoms with Crippen molar-refractivity contribution in [3.8, 4) is 0 Å². The van der Waals surface area contributed by atoms with Crippen molar-refractivity contribution in [2.24, 2.45) is 5.92 Å². The predicted octanol–water partition coefficient (Wildman–Crippen LogP) is 2.02. The monoisotopic (exact) mass is 288 g/mol. The Balaban J connectivity index is 2.54. The van der Waals surface area contributed by atoms with E-state index in [2.05, 4.69) is 19.2 Å². The lowest BCUT2D eigenvalue weighted by Gasteiger charge is -2.26. The Kier molecular flexibility index (Phi) is 6.48. The highest BCUT2D eigenvalue weighted by Gasteiger charge is 2.34. The van der Waals surface area contributed by atoms with Crippen LogP contribution >= 0.6 is 11.8 Å². The van der Waals surface area contributed by atoms with E-state index in [1.54, 1.807) is 16.7 Å². The molecule has 0 spiro atoms. The summed E-state index contributed by atoms with van der Waals surface area (Å²) in [7, 11) is 0. The number of hydrogen-bond acceptors (Lipinski definition) is 3. The standard InChI is InChI=1S/C13H24N2O3S/c1-9(2)8-15(10-4-5-10)13(18)14-11(12(16)17)6-7-19-3/h9-11H,4-8H2,1-3H3,(H,14,18)(H,16,17)/t11-/m0/s1. The number of hydrogen-bond donors (Lipinski definition) is 2. The molecule has 0 aromatic rings. The highest BCUT2D eigenvalue weighted by molar-refractivity contribution is 7.98. The molecule has 0 saturated heterocycles. The van der Waals surface area contributed by atoms with E-state index in [0.29, 0.717) is 24.9 Å². The Bertz CT molecular complexity index is 319. The SMILES string of the molecule is CSCC[C@H](NC(=O)N(CC(C)C)C1CC1)C(=O)O. The molecule has 0 heterocycles. The smallest absolute Gasteiger partial charge is 0.326 e. The highest BCUT2D eigenvalue weighted by Crippen LogP contribution is 2.27. The van der Waals surface area contributed by atoms with Gasteiger partial charge in [-0.1, -0.05) is 13.8 Å². The van der Waals surface area contributed by atoms with Gasteiger partial charge in [-0.05, 0) is 37.2 Å². The first-order valence-electron chi connectivity index (χ1n) is 6.74. The second-order valence-corrected chi connectivity index (χ2v) is 6.38. The molecular weight excluding hydrogens is 264 g/mol.